The van der Waals surface area contributed by atoms with Gasteiger partial charge in [0.1, 0.15) is 0 Å². The van der Waals surface area contributed by atoms with Crippen LogP contribution in [0.25, 0.3) is 0 Å². The maximum absolute atomic E-state index is 14.2. The molecular weight excluding hydrogens is 487 g/mol. The van der Waals surface area contributed by atoms with Crippen molar-refractivity contribution in [1.29, 1.82) is 0 Å². The molecule has 1 aliphatic heterocycles. The number of likely N-dealkylation sites (tertiary alicyclic amines) is 1. The highest BCUT2D eigenvalue weighted by Gasteiger charge is 2.53. The highest BCUT2D eigenvalue weighted by Crippen LogP contribution is 2.54. The van der Waals surface area contributed by atoms with Crippen molar-refractivity contribution in [1.82, 2.24) is 10.1 Å². The van der Waals surface area contributed by atoms with Gasteiger partial charge in [-0.05, 0) is 55.2 Å². The quantitative estimate of drug-likeness (QED) is 0.367. The van der Waals surface area contributed by atoms with Gasteiger partial charge in [-0.1, -0.05) is 66.5 Å². The number of nitrogens with zero attached hydrogens (tertiary/aromatic N) is 2. The smallest absolute Gasteiger partial charge is 0.304 e. The Labute approximate surface area is 214 Å². The van der Waals surface area contributed by atoms with E-state index in [1.165, 1.54) is 0 Å². The minimum atomic E-state index is -1.12. The molecule has 1 N–H and O–H groups in total. The Balaban J connectivity index is 1.95. The van der Waals surface area contributed by atoms with Crippen LogP contribution in [-0.2, 0) is 9.59 Å². The molecule has 0 radical (unpaired) electrons. The molecule has 4 rings (SSSR count). The van der Waals surface area contributed by atoms with Gasteiger partial charge in [0, 0.05) is 22.0 Å². The second-order valence-electron chi connectivity index (χ2n) is 9.50. The summed E-state index contributed by atoms with van der Waals surface area (Å²) in [4.78, 5) is 27.9. The van der Waals surface area contributed by atoms with E-state index in [2.05, 4.69) is 5.16 Å². The number of aromatic nitrogens is 1. The molecule has 1 fully saturated rings. The van der Waals surface area contributed by atoms with E-state index in [1.54, 1.807) is 30.0 Å². The number of hydrogen-bond donors (Lipinski definition) is 1. The predicted octanol–water partition coefficient (Wildman–Crippen LogP) is 6.98. The Morgan fingerprint density at radius 2 is 1.89 bits per heavy atom. The van der Waals surface area contributed by atoms with E-state index in [0.717, 1.165) is 11.1 Å². The fourth-order valence-corrected chi connectivity index (χ4v) is 5.62. The van der Waals surface area contributed by atoms with Crippen LogP contribution in [0.3, 0.4) is 0 Å². The minimum Gasteiger partial charge on any atom is -0.481 e. The molecule has 6 nitrogen and oxygen atoms in total. The highest BCUT2D eigenvalue weighted by molar-refractivity contribution is 6.30. The maximum atomic E-state index is 14.2. The van der Waals surface area contributed by atoms with Gasteiger partial charge in [0.15, 0.2) is 5.76 Å². The lowest BCUT2D eigenvalue weighted by Gasteiger charge is -2.51. The molecule has 1 amide bonds. The molecule has 184 valence electrons. The number of hydrogen-bond acceptors (Lipinski definition) is 4. The molecule has 3 aromatic rings. The molecule has 0 spiro atoms. The lowest BCUT2D eigenvalue weighted by Crippen LogP contribution is -2.53. The lowest BCUT2D eigenvalue weighted by atomic mass is 9.67. The highest BCUT2D eigenvalue weighted by atomic mass is 35.5. The first kappa shape index (κ1) is 25.3. The zero-order valence-electron chi connectivity index (χ0n) is 19.9. The Morgan fingerprint density at radius 1 is 1.17 bits per heavy atom. The fourth-order valence-electron chi connectivity index (χ4n) is 5.30. The van der Waals surface area contributed by atoms with Gasteiger partial charge in [-0.3, -0.25) is 9.59 Å². The summed E-state index contributed by atoms with van der Waals surface area (Å²) in [6.07, 6.45) is 0.641. The van der Waals surface area contributed by atoms with Crippen molar-refractivity contribution < 1.29 is 19.2 Å². The lowest BCUT2D eigenvalue weighted by molar-refractivity contribution is -0.161. The van der Waals surface area contributed by atoms with Crippen molar-refractivity contribution in [2.75, 3.05) is 0 Å². The van der Waals surface area contributed by atoms with Crippen LogP contribution >= 0.6 is 23.2 Å². The molecule has 35 heavy (non-hydrogen) atoms. The van der Waals surface area contributed by atoms with Gasteiger partial charge < -0.3 is 14.5 Å². The second-order valence-corrected chi connectivity index (χ2v) is 10.4. The Bertz CT molecular complexity index is 1230. The molecule has 2 aromatic carbocycles. The second kappa shape index (κ2) is 10.0. The third-order valence-corrected chi connectivity index (χ3v) is 7.32. The van der Waals surface area contributed by atoms with Gasteiger partial charge in [-0.25, -0.2) is 0 Å². The zero-order valence-corrected chi connectivity index (χ0v) is 21.4. The van der Waals surface area contributed by atoms with E-state index < -0.39 is 23.5 Å². The number of carbonyl (C=O) groups is 2. The molecule has 1 aliphatic rings. The van der Waals surface area contributed by atoms with Gasteiger partial charge in [0.05, 0.1) is 29.6 Å². The van der Waals surface area contributed by atoms with E-state index >= 15 is 0 Å². The standard InChI is InChI=1S/C27H28Cl2N2O4/c1-4-22(23-12-16(2)30-35-23)31-25(17-8-10-19(28)11-9-17)21(18-6-5-7-20(29)13-18)14-27(3,26(31)34)15-24(32)33/h5-13,21-22,25H,4,14-15H2,1-3H3,(H,32,33)/t21-,22+,25-,27-/m1/s1. The van der Waals surface area contributed by atoms with Gasteiger partial charge >= 0.3 is 5.97 Å². The topological polar surface area (TPSA) is 83.6 Å². The molecule has 2 heterocycles. The molecule has 1 aromatic heterocycles. The number of aryl methyl sites for hydroxylation is 1. The van der Waals surface area contributed by atoms with E-state index in [9.17, 15) is 14.7 Å². The fraction of sp³-hybridized carbons (Fsp3) is 0.370. The maximum Gasteiger partial charge on any atom is 0.304 e. The van der Waals surface area contributed by atoms with Crippen molar-refractivity contribution >= 4 is 35.1 Å². The van der Waals surface area contributed by atoms with Gasteiger partial charge in [0.2, 0.25) is 5.91 Å². The molecule has 0 aliphatic carbocycles. The predicted molar refractivity (Wildman–Crippen MR) is 134 cm³/mol. The summed E-state index contributed by atoms with van der Waals surface area (Å²) in [5.74, 6) is -0.880. The normalized spacial score (nSPS) is 23.3. The van der Waals surface area contributed by atoms with Crippen LogP contribution in [-0.4, -0.2) is 27.0 Å². The molecule has 8 heteroatoms. The zero-order chi connectivity index (χ0) is 25.3. The minimum absolute atomic E-state index is 0.213. The summed E-state index contributed by atoms with van der Waals surface area (Å²) in [5.41, 5.74) is 1.44. The molecule has 0 bridgehead atoms. The number of carboxylic acids is 1. The van der Waals surface area contributed by atoms with E-state index in [0.29, 0.717) is 34.3 Å². The van der Waals surface area contributed by atoms with E-state index in [1.807, 2.05) is 50.2 Å². The van der Waals surface area contributed by atoms with Crippen molar-refractivity contribution in [3.63, 3.8) is 0 Å². The number of rotatable bonds is 7. The molecule has 0 unspecified atom stereocenters. The van der Waals surface area contributed by atoms with Crippen molar-refractivity contribution in [3.05, 3.63) is 87.2 Å². The monoisotopic (exact) mass is 514 g/mol. The van der Waals surface area contributed by atoms with Gasteiger partial charge in [-0.2, -0.15) is 0 Å². The van der Waals surface area contributed by atoms with Crippen LogP contribution in [0, 0.1) is 12.3 Å². The summed E-state index contributed by atoms with van der Waals surface area (Å²) in [7, 11) is 0. The van der Waals surface area contributed by atoms with Crippen LogP contribution in [0.1, 0.15) is 73.7 Å². The summed E-state index contributed by atoms with van der Waals surface area (Å²) >= 11 is 12.6. The van der Waals surface area contributed by atoms with Crippen LogP contribution in [0.2, 0.25) is 10.0 Å². The third-order valence-electron chi connectivity index (χ3n) is 6.83. The third kappa shape index (κ3) is 5.09. The summed E-state index contributed by atoms with van der Waals surface area (Å²) in [5, 5.41) is 15.0. The first-order valence-electron chi connectivity index (χ1n) is 11.6. The first-order valence-corrected chi connectivity index (χ1v) is 12.4. The number of halogens is 2. The Hall–Kier alpha value is -2.83. The average molecular weight is 515 g/mol. The van der Waals surface area contributed by atoms with Crippen LogP contribution in [0.4, 0.5) is 0 Å². The number of carboxylic acid groups (broad SMARTS) is 1. The van der Waals surface area contributed by atoms with E-state index in [-0.39, 0.29) is 18.2 Å². The molecule has 0 saturated carbocycles. The van der Waals surface area contributed by atoms with Crippen molar-refractivity contribution in [2.45, 2.75) is 58.0 Å². The first-order chi connectivity index (χ1) is 16.6. The SMILES string of the molecule is CC[C@@H](c1cc(C)no1)N1C(=O)[C@@](C)(CC(=O)O)C[C@H](c2cccc(Cl)c2)[C@H]1c1ccc(Cl)cc1. The van der Waals surface area contributed by atoms with Crippen LogP contribution in [0.5, 0.6) is 0 Å². The van der Waals surface area contributed by atoms with Crippen LogP contribution < -0.4 is 0 Å². The average Bonchev–Trinajstić information content (AvgIpc) is 3.23. The molecule has 1 saturated heterocycles. The number of carbonyl (C=O) groups excluding carboxylic acids is 1. The van der Waals surface area contributed by atoms with Gasteiger partial charge in [-0.15, -0.1) is 0 Å². The summed E-state index contributed by atoms with van der Waals surface area (Å²) in [6.45, 7) is 5.55. The number of aliphatic carboxylic acids is 1. The summed E-state index contributed by atoms with van der Waals surface area (Å²) in [6, 6.07) is 16.0. The molecule has 4 atom stereocenters. The number of amides is 1. The number of benzene rings is 2. The largest absolute Gasteiger partial charge is 0.481 e. The van der Waals surface area contributed by atoms with E-state index in [4.69, 9.17) is 27.7 Å². The number of piperidine rings is 1. The van der Waals surface area contributed by atoms with Crippen molar-refractivity contribution in [2.24, 2.45) is 5.41 Å². The Kier molecular flexibility index (Phi) is 7.25. The summed E-state index contributed by atoms with van der Waals surface area (Å²) < 4.78 is 5.63. The van der Waals surface area contributed by atoms with Crippen molar-refractivity contribution in [3.8, 4) is 0 Å². The molecular formula is C27H28Cl2N2O4. The van der Waals surface area contributed by atoms with Crippen LogP contribution in [0.15, 0.2) is 59.1 Å². The Morgan fingerprint density at radius 3 is 2.46 bits per heavy atom. The van der Waals surface area contributed by atoms with Gasteiger partial charge in [0.25, 0.3) is 0 Å².